The predicted molar refractivity (Wildman–Crippen MR) is 81.6 cm³/mol. The molecule has 2 aliphatic carbocycles. The summed E-state index contributed by atoms with van der Waals surface area (Å²) in [5.74, 6) is 0. The highest BCUT2D eigenvalue weighted by Crippen LogP contribution is 2.58. The summed E-state index contributed by atoms with van der Waals surface area (Å²) in [4.78, 5) is 0. The van der Waals surface area contributed by atoms with Crippen molar-refractivity contribution in [3.05, 3.63) is 65.4 Å². The summed E-state index contributed by atoms with van der Waals surface area (Å²) in [6, 6.07) is 8.79. The van der Waals surface area contributed by atoms with Crippen molar-refractivity contribution < 1.29 is 0 Å². The zero-order chi connectivity index (χ0) is 13.5. The molecule has 1 fully saturated rings. The van der Waals surface area contributed by atoms with Gasteiger partial charge in [0.05, 0.1) is 0 Å². The minimum atomic E-state index is 0.150. The van der Waals surface area contributed by atoms with Crippen LogP contribution in [0.3, 0.4) is 0 Å². The molecule has 0 aliphatic heterocycles. The Morgan fingerprint density at radius 3 is 2.58 bits per heavy atom. The van der Waals surface area contributed by atoms with Crippen LogP contribution in [0.25, 0.3) is 5.57 Å². The standard InChI is InChI=1S/C18H21N/c1-3-13-14-9-5-6-10-15(14)18(11-7-8-12-18)17(13)16(19)4-2/h3-6,9-10H,2,7-8,11-12,19H2,1H3/b13-3-,17-16?. The van der Waals surface area contributed by atoms with Crippen LogP contribution in [0.4, 0.5) is 0 Å². The maximum absolute atomic E-state index is 6.30. The smallest absolute Gasteiger partial charge is 0.0355 e. The van der Waals surface area contributed by atoms with Gasteiger partial charge in [-0.1, -0.05) is 49.8 Å². The Hall–Kier alpha value is -1.76. The molecule has 0 unspecified atom stereocenters. The highest BCUT2D eigenvalue weighted by Gasteiger charge is 2.47. The average molecular weight is 251 g/mol. The van der Waals surface area contributed by atoms with Crippen molar-refractivity contribution in [2.75, 3.05) is 0 Å². The van der Waals surface area contributed by atoms with Crippen molar-refractivity contribution in [3.63, 3.8) is 0 Å². The molecule has 1 aromatic carbocycles. The van der Waals surface area contributed by atoms with Crippen molar-refractivity contribution in [3.8, 4) is 0 Å². The van der Waals surface area contributed by atoms with E-state index in [2.05, 4.69) is 43.8 Å². The first-order valence-electron chi connectivity index (χ1n) is 7.14. The second kappa shape index (κ2) is 4.41. The third kappa shape index (κ3) is 1.54. The van der Waals surface area contributed by atoms with Crippen LogP contribution in [0, 0.1) is 0 Å². The Kier molecular flexibility index (Phi) is 2.85. The fourth-order valence-electron chi connectivity index (χ4n) is 3.99. The van der Waals surface area contributed by atoms with E-state index in [1.807, 2.05) is 6.08 Å². The van der Waals surface area contributed by atoms with Crippen LogP contribution in [0.5, 0.6) is 0 Å². The van der Waals surface area contributed by atoms with Gasteiger partial charge in [0.2, 0.25) is 0 Å². The van der Waals surface area contributed by atoms with Crippen molar-refractivity contribution in [1.82, 2.24) is 0 Å². The summed E-state index contributed by atoms with van der Waals surface area (Å²) < 4.78 is 0. The molecule has 98 valence electrons. The third-order valence-corrected chi connectivity index (χ3v) is 4.74. The molecule has 0 amide bonds. The summed E-state index contributed by atoms with van der Waals surface area (Å²) in [6.45, 7) is 5.99. The molecule has 1 heteroatoms. The molecule has 3 rings (SSSR count). The average Bonchev–Trinajstić information content (AvgIpc) is 3.03. The molecule has 1 aromatic rings. The number of benzene rings is 1. The highest BCUT2D eigenvalue weighted by molar-refractivity contribution is 5.91. The molecular formula is C18H21N. The number of fused-ring (bicyclic) bond motifs is 2. The first kappa shape index (κ1) is 12.3. The van der Waals surface area contributed by atoms with Crippen LogP contribution < -0.4 is 5.73 Å². The minimum Gasteiger partial charge on any atom is -0.398 e. The van der Waals surface area contributed by atoms with Gasteiger partial charge in [-0.2, -0.15) is 0 Å². The van der Waals surface area contributed by atoms with Crippen molar-refractivity contribution in [2.45, 2.75) is 38.0 Å². The fraction of sp³-hybridized carbons (Fsp3) is 0.333. The number of hydrogen-bond donors (Lipinski definition) is 1. The van der Waals surface area contributed by atoms with E-state index in [0.717, 1.165) is 5.70 Å². The number of hydrogen-bond acceptors (Lipinski definition) is 1. The first-order valence-corrected chi connectivity index (χ1v) is 7.14. The first-order chi connectivity index (χ1) is 9.24. The summed E-state index contributed by atoms with van der Waals surface area (Å²) in [5, 5.41) is 0. The van der Waals surface area contributed by atoms with Gasteiger partial charge in [0.25, 0.3) is 0 Å². The largest absolute Gasteiger partial charge is 0.398 e. The molecule has 1 saturated carbocycles. The topological polar surface area (TPSA) is 26.0 Å². The second-order valence-electron chi connectivity index (χ2n) is 5.57. The van der Waals surface area contributed by atoms with Gasteiger partial charge < -0.3 is 5.73 Å². The lowest BCUT2D eigenvalue weighted by molar-refractivity contribution is 0.546. The van der Waals surface area contributed by atoms with Gasteiger partial charge in [0.1, 0.15) is 0 Å². The molecule has 0 atom stereocenters. The van der Waals surface area contributed by atoms with Crippen LogP contribution in [-0.2, 0) is 5.41 Å². The predicted octanol–water partition coefficient (Wildman–Crippen LogP) is 4.31. The Labute approximate surface area is 115 Å². The fourth-order valence-corrected chi connectivity index (χ4v) is 3.99. The van der Waals surface area contributed by atoms with Crippen LogP contribution in [0.15, 0.2) is 54.3 Å². The summed E-state index contributed by atoms with van der Waals surface area (Å²) in [6.07, 6.45) is 9.03. The molecule has 0 bridgehead atoms. The van der Waals surface area contributed by atoms with Gasteiger partial charge >= 0.3 is 0 Å². The lowest BCUT2D eigenvalue weighted by Gasteiger charge is -2.28. The second-order valence-corrected chi connectivity index (χ2v) is 5.57. The van der Waals surface area contributed by atoms with Gasteiger partial charge in [-0.3, -0.25) is 0 Å². The van der Waals surface area contributed by atoms with E-state index in [4.69, 9.17) is 5.73 Å². The maximum Gasteiger partial charge on any atom is 0.0355 e. The molecule has 2 N–H and O–H groups in total. The van der Waals surface area contributed by atoms with Crippen LogP contribution >= 0.6 is 0 Å². The van der Waals surface area contributed by atoms with E-state index in [1.165, 1.54) is 48.0 Å². The zero-order valence-electron chi connectivity index (χ0n) is 11.6. The normalized spacial score (nSPS) is 24.8. The molecule has 0 heterocycles. The van der Waals surface area contributed by atoms with Crippen LogP contribution in [0.2, 0.25) is 0 Å². The highest BCUT2D eigenvalue weighted by atomic mass is 14.6. The molecule has 19 heavy (non-hydrogen) atoms. The van der Waals surface area contributed by atoms with Crippen LogP contribution in [0.1, 0.15) is 43.7 Å². The van der Waals surface area contributed by atoms with Gasteiger partial charge in [-0.05, 0) is 48.1 Å². The lowest BCUT2D eigenvalue weighted by Crippen LogP contribution is -2.23. The number of allylic oxidation sites excluding steroid dienone is 4. The van der Waals surface area contributed by atoms with E-state index in [-0.39, 0.29) is 5.41 Å². The molecule has 2 aliphatic rings. The van der Waals surface area contributed by atoms with E-state index in [9.17, 15) is 0 Å². The van der Waals surface area contributed by atoms with Crippen molar-refractivity contribution in [2.24, 2.45) is 5.73 Å². The Balaban J connectivity index is 2.35. The van der Waals surface area contributed by atoms with Gasteiger partial charge in [0.15, 0.2) is 0 Å². The summed E-state index contributed by atoms with van der Waals surface area (Å²) in [5.41, 5.74) is 12.8. The van der Waals surface area contributed by atoms with E-state index >= 15 is 0 Å². The summed E-state index contributed by atoms with van der Waals surface area (Å²) >= 11 is 0. The van der Waals surface area contributed by atoms with Gasteiger partial charge in [0, 0.05) is 11.1 Å². The summed E-state index contributed by atoms with van der Waals surface area (Å²) in [7, 11) is 0. The monoisotopic (exact) mass is 251 g/mol. The minimum absolute atomic E-state index is 0.150. The third-order valence-electron chi connectivity index (χ3n) is 4.74. The quantitative estimate of drug-likeness (QED) is 0.790. The Bertz CT molecular complexity index is 583. The lowest BCUT2D eigenvalue weighted by atomic mass is 9.75. The molecule has 1 nitrogen and oxygen atoms in total. The molecular weight excluding hydrogens is 230 g/mol. The number of nitrogens with two attached hydrogens (primary N) is 1. The van der Waals surface area contributed by atoms with Crippen LogP contribution in [-0.4, -0.2) is 0 Å². The molecule has 0 aromatic heterocycles. The van der Waals surface area contributed by atoms with Crippen molar-refractivity contribution >= 4 is 5.57 Å². The van der Waals surface area contributed by atoms with E-state index < -0.39 is 0 Å². The molecule has 0 radical (unpaired) electrons. The van der Waals surface area contributed by atoms with E-state index in [0.29, 0.717) is 0 Å². The molecule has 0 saturated heterocycles. The molecule has 1 spiro atoms. The van der Waals surface area contributed by atoms with Crippen molar-refractivity contribution in [1.29, 1.82) is 0 Å². The Morgan fingerprint density at radius 1 is 1.26 bits per heavy atom. The maximum atomic E-state index is 6.30. The van der Waals surface area contributed by atoms with E-state index in [1.54, 1.807) is 0 Å². The SMILES string of the molecule is C=CC(N)=C1/C(=C\C)c2ccccc2C12CCCC2. The Morgan fingerprint density at radius 2 is 1.95 bits per heavy atom. The zero-order valence-corrected chi connectivity index (χ0v) is 11.6. The number of rotatable bonds is 1. The van der Waals surface area contributed by atoms with Gasteiger partial charge in [-0.15, -0.1) is 0 Å². The van der Waals surface area contributed by atoms with Gasteiger partial charge in [-0.25, -0.2) is 0 Å².